The maximum absolute atomic E-state index is 13.1. The number of hydrogen-bond acceptors (Lipinski definition) is 5. The van der Waals surface area contributed by atoms with Crippen LogP contribution in [0.25, 0.3) is 11.1 Å². The van der Waals surface area contributed by atoms with Crippen LogP contribution in [0.1, 0.15) is 20.8 Å². The van der Waals surface area contributed by atoms with Gasteiger partial charge >= 0.3 is 5.97 Å². The number of esters is 1. The van der Waals surface area contributed by atoms with Crippen molar-refractivity contribution in [3.63, 3.8) is 0 Å². The van der Waals surface area contributed by atoms with Crippen LogP contribution in [0.5, 0.6) is 5.75 Å². The maximum atomic E-state index is 13.1. The Balaban J connectivity index is 1.96. The highest BCUT2D eigenvalue weighted by atomic mass is 35.5. The monoisotopic (exact) mass is 507 g/mol. The number of anilines is 1. The van der Waals surface area contributed by atoms with Crippen LogP contribution in [0.3, 0.4) is 0 Å². The highest BCUT2D eigenvalue weighted by Gasteiger charge is 2.21. The molecule has 0 aliphatic heterocycles. The molecule has 0 bridgehead atoms. The van der Waals surface area contributed by atoms with Crippen LogP contribution in [0.15, 0.2) is 71.6 Å². The summed E-state index contributed by atoms with van der Waals surface area (Å²) >= 11 is 12.0. The highest BCUT2D eigenvalue weighted by molar-refractivity contribution is 7.92. The van der Waals surface area contributed by atoms with Gasteiger partial charge in [-0.05, 0) is 62.2 Å². The molecule has 33 heavy (non-hydrogen) atoms. The lowest BCUT2D eigenvalue weighted by molar-refractivity contribution is -0.157. The summed E-state index contributed by atoms with van der Waals surface area (Å²) in [5, 5.41) is 0.365. The fourth-order valence-electron chi connectivity index (χ4n) is 2.94. The first-order valence-electron chi connectivity index (χ1n) is 9.96. The molecule has 0 unspecified atom stereocenters. The van der Waals surface area contributed by atoms with E-state index >= 15 is 0 Å². The minimum Gasteiger partial charge on any atom is -0.480 e. The number of rotatable bonds is 7. The van der Waals surface area contributed by atoms with Crippen molar-refractivity contribution in [2.75, 3.05) is 11.3 Å². The summed E-state index contributed by atoms with van der Waals surface area (Å²) in [7, 11) is -4.06. The molecule has 0 radical (unpaired) electrons. The van der Waals surface area contributed by atoms with Crippen LogP contribution in [0.2, 0.25) is 10.0 Å². The summed E-state index contributed by atoms with van der Waals surface area (Å²) in [6.45, 7) is 4.85. The van der Waals surface area contributed by atoms with Gasteiger partial charge in [0.05, 0.1) is 10.6 Å². The second-order valence-corrected chi connectivity index (χ2v) is 10.7. The number of nitrogens with one attached hydrogen (secondary N) is 1. The van der Waals surface area contributed by atoms with Gasteiger partial charge in [0.2, 0.25) is 0 Å². The Morgan fingerprint density at radius 3 is 2.15 bits per heavy atom. The van der Waals surface area contributed by atoms with E-state index in [0.717, 1.165) is 11.1 Å². The number of ether oxygens (including phenoxy) is 2. The molecule has 0 saturated heterocycles. The largest absolute Gasteiger partial charge is 0.480 e. The summed E-state index contributed by atoms with van der Waals surface area (Å²) in [4.78, 5) is 12.0. The van der Waals surface area contributed by atoms with Gasteiger partial charge in [0, 0.05) is 10.0 Å². The molecule has 174 valence electrons. The van der Waals surface area contributed by atoms with E-state index in [9.17, 15) is 13.2 Å². The van der Waals surface area contributed by atoms with Gasteiger partial charge in [0.1, 0.15) is 11.4 Å². The van der Waals surface area contributed by atoms with Crippen LogP contribution in [-0.4, -0.2) is 26.6 Å². The van der Waals surface area contributed by atoms with Crippen molar-refractivity contribution in [2.45, 2.75) is 31.3 Å². The molecule has 6 nitrogen and oxygen atoms in total. The Kier molecular flexibility index (Phi) is 7.57. The van der Waals surface area contributed by atoms with E-state index in [2.05, 4.69) is 4.72 Å². The molecule has 0 aliphatic rings. The normalized spacial score (nSPS) is 11.7. The molecule has 3 rings (SSSR count). The summed E-state index contributed by atoms with van der Waals surface area (Å²) in [6.07, 6.45) is 0. The Morgan fingerprint density at radius 1 is 0.909 bits per heavy atom. The van der Waals surface area contributed by atoms with Gasteiger partial charge in [0.15, 0.2) is 6.61 Å². The molecule has 0 fully saturated rings. The van der Waals surface area contributed by atoms with E-state index in [1.807, 2.05) is 30.3 Å². The number of carbonyl (C=O) groups excluding carboxylic acids is 1. The van der Waals surface area contributed by atoms with Crippen molar-refractivity contribution < 1.29 is 22.7 Å². The maximum Gasteiger partial charge on any atom is 0.344 e. The van der Waals surface area contributed by atoms with Crippen molar-refractivity contribution >= 4 is 44.9 Å². The molecular formula is C24H23Cl2NO5S. The molecule has 0 heterocycles. The third-order valence-corrected chi connectivity index (χ3v) is 6.02. The van der Waals surface area contributed by atoms with E-state index in [0.29, 0.717) is 0 Å². The molecule has 3 aromatic rings. The zero-order chi connectivity index (χ0) is 24.2. The molecule has 3 aromatic carbocycles. The second kappa shape index (κ2) is 10.0. The first-order chi connectivity index (χ1) is 15.4. The van der Waals surface area contributed by atoms with Crippen LogP contribution in [0.4, 0.5) is 5.69 Å². The molecule has 0 saturated carbocycles. The summed E-state index contributed by atoms with van der Waals surface area (Å²) in [5.74, 6) is -0.415. The molecule has 0 aromatic heterocycles. The Morgan fingerprint density at radius 2 is 1.55 bits per heavy atom. The molecule has 1 N–H and O–H groups in total. The van der Waals surface area contributed by atoms with Gasteiger partial charge in [-0.15, -0.1) is 0 Å². The number of sulfonamides is 1. The van der Waals surface area contributed by atoms with Crippen LogP contribution in [0, 0.1) is 0 Å². The fourth-order valence-corrected chi connectivity index (χ4v) is 4.73. The van der Waals surface area contributed by atoms with Crippen LogP contribution in [-0.2, 0) is 19.6 Å². The van der Waals surface area contributed by atoms with Crippen molar-refractivity contribution in [1.82, 2.24) is 0 Å². The lowest BCUT2D eigenvalue weighted by atomic mass is 10.1. The molecule has 0 amide bonds. The zero-order valence-electron chi connectivity index (χ0n) is 18.3. The predicted octanol–water partition coefficient (Wildman–Crippen LogP) is 6.18. The minimum atomic E-state index is -4.06. The van der Waals surface area contributed by atoms with Gasteiger partial charge in [-0.3, -0.25) is 4.72 Å². The first-order valence-corrected chi connectivity index (χ1v) is 12.2. The molecule has 0 atom stereocenters. The molecular weight excluding hydrogens is 485 g/mol. The van der Waals surface area contributed by atoms with E-state index in [-0.39, 0.29) is 33.0 Å². The number of benzene rings is 3. The van der Waals surface area contributed by atoms with E-state index in [1.165, 1.54) is 18.2 Å². The van der Waals surface area contributed by atoms with Gasteiger partial charge < -0.3 is 9.47 Å². The van der Waals surface area contributed by atoms with Gasteiger partial charge in [-0.25, -0.2) is 13.2 Å². The van der Waals surface area contributed by atoms with Crippen LogP contribution >= 0.6 is 23.2 Å². The van der Waals surface area contributed by atoms with Gasteiger partial charge in [-0.1, -0.05) is 59.6 Å². The SMILES string of the molecule is CC(C)(C)OC(=O)COc1ccc(-c2ccccc2)cc1NS(=O)(=O)c1cc(Cl)cc(Cl)c1. The fraction of sp³-hybridized carbons (Fsp3) is 0.208. The highest BCUT2D eigenvalue weighted by Crippen LogP contribution is 2.33. The molecule has 0 spiro atoms. The first kappa shape index (κ1) is 24.9. The topological polar surface area (TPSA) is 81.7 Å². The van der Waals surface area contributed by atoms with Gasteiger partial charge in [-0.2, -0.15) is 0 Å². The Hall–Kier alpha value is -2.74. The average molecular weight is 508 g/mol. The van der Waals surface area contributed by atoms with E-state index < -0.39 is 21.6 Å². The average Bonchev–Trinajstić information content (AvgIpc) is 2.71. The predicted molar refractivity (Wildman–Crippen MR) is 130 cm³/mol. The van der Waals surface area contributed by atoms with E-state index in [1.54, 1.807) is 39.0 Å². The zero-order valence-corrected chi connectivity index (χ0v) is 20.6. The Labute approximate surface area is 203 Å². The van der Waals surface area contributed by atoms with E-state index in [4.69, 9.17) is 32.7 Å². The standard InChI is InChI=1S/C24H23Cl2NO5S/c1-24(2,3)32-23(28)15-31-22-10-9-17(16-7-5-4-6-8-16)11-21(22)27-33(29,30)20-13-18(25)12-19(26)14-20/h4-14,27H,15H2,1-3H3. The van der Waals surface area contributed by atoms with Crippen LogP contribution < -0.4 is 9.46 Å². The van der Waals surface area contributed by atoms with Crippen molar-refractivity contribution in [3.05, 3.63) is 76.8 Å². The lowest BCUT2D eigenvalue weighted by Gasteiger charge is -2.20. The smallest absolute Gasteiger partial charge is 0.344 e. The number of hydrogen-bond donors (Lipinski definition) is 1. The summed E-state index contributed by atoms with van der Waals surface area (Å²) in [6, 6.07) is 18.4. The Bertz CT molecular complexity index is 1240. The third-order valence-electron chi connectivity index (χ3n) is 4.24. The van der Waals surface area contributed by atoms with Crippen molar-refractivity contribution in [1.29, 1.82) is 0 Å². The third kappa shape index (κ3) is 7.12. The summed E-state index contributed by atoms with van der Waals surface area (Å²) in [5.41, 5.74) is 1.11. The molecule has 9 heteroatoms. The molecule has 0 aliphatic carbocycles. The minimum absolute atomic E-state index is 0.108. The second-order valence-electron chi connectivity index (χ2n) is 8.16. The lowest BCUT2D eigenvalue weighted by Crippen LogP contribution is -2.27. The summed E-state index contributed by atoms with van der Waals surface area (Å²) < 4.78 is 39.5. The quantitative estimate of drug-likeness (QED) is 0.386. The van der Waals surface area contributed by atoms with Crippen molar-refractivity contribution in [3.8, 4) is 16.9 Å². The number of halogens is 2. The van der Waals surface area contributed by atoms with Crippen molar-refractivity contribution in [2.24, 2.45) is 0 Å². The van der Waals surface area contributed by atoms with Gasteiger partial charge in [0.25, 0.3) is 10.0 Å². The number of carbonyl (C=O) groups is 1.